The number of carbonyl (C=O) groups excluding carboxylic acids is 1. The molecule has 0 bridgehead atoms. The van der Waals surface area contributed by atoms with Crippen molar-refractivity contribution in [1.29, 1.82) is 0 Å². The summed E-state index contributed by atoms with van der Waals surface area (Å²) in [6.07, 6.45) is 1.69. The molecule has 2 fully saturated rings. The molecule has 5 nitrogen and oxygen atoms in total. The third-order valence-corrected chi connectivity index (χ3v) is 4.78. The molecule has 0 saturated carbocycles. The van der Waals surface area contributed by atoms with Crippen LogP contribution in [0.2, 0.25) is 5.02 Å². The predicted octanol–water partition coefficient (Wildman–Crippen LogP) is 3.31. The van der Waals surface area contributed by atoms with Gasteiger partial charge in [0.15, 0.2) is 12.1 Å². The Labute approximate surface area is 139 Å². The molecule has 1 aromatic carbocycles. The normalized spacial score (nSPS) is 20.5. The Morgan fingerprint density at radius 2 is 1.87 bits per heavy atom. The molecule has 4 rings (SSSR count). The van der Waals surface area contributed by atoms with Gasteiger partial charge >= 0.3 is 0 Å². The molecular weight excluding hydrogens is 318 g/mol. The molecule has 3 heterocycles. The smallest absolute Gasteiger partial charge is 0.289 e. The summed E-state index contributed by atoms with van der Waals surface area (Å²) in [4.78, 5) is 14.5. The summed E-state index contributed by atoms with van der Waals surface area (Å²) >= 11 is 5.97. The van der Waals surface area contributed by atoms with Crippen molar-refractivity contribution in [1.82, 2.24) is 4.90 Å². The Kier molecular flexibility index (Phi) is 4.01. The van der Waals surface area contributed by atoms with Gasteiger partial charge in [0.1, 0.15) is 5.58 Å². The number of carbonyl (C=O) groups is 1. The monoisotopic (exact) mass is 335 g/mol. The van der Waals surface area contributed by atoms with Crippen LogP contribution in [0.1, 0.15) is 23.4 Å². The van der Waals surface area contributed by atoms with Crippen LogP contribution in [0.3, 0.4) is 0 Å². The van der Waals surface area contributed by atoms with Crippen LogP contribution in [0.15, 0.2) is 28.7 Å². The summed E-state index contributed by atoms with van der Waals surface area (Å²) in [7, 11) is 0. The van der Waals surface area contributed by atoms with E-state index in [-0.39, 0.29) is 12.2 Å². The lowest BCUT2D eigenvalue weighted by molar-refractivity contribution is -0.0956. The number of nitrogens with zero attached hydrogens (tertiary/aromatic N) is 1. The molecule has 2 aliphatic heterocycles. The highest BCUT2D eigenvalue weighted by Crippen LogP contribution is 2.28. The molecule has 0 atom stereocenters. The van der Waals surface area contributed by atoms with Gasteiger partial charge in [-0.15, -0.1) is 0 Å². The van der Waals surface area contributed by atoms with Crippen LogP contribution in [0, 0.1) is 5.92 Å². The molecule has 122 valence electrons. The molecule has 1 aromatic heterocycles. The van der Waals surface area contributed by atoms with E-state index in [1.807, 2.05) is 4.90 Å². The minimum absolute atomic E-state index is 0.0657. The number of piperidine rings is 1. The highest BCUT2D eigenvalue weighted by atomic mass is 35.5. The maximum absolute atomic E-state index is 12.6. The van der Waals surface area contributed by atoms with Gasteiger partial charge in [0.25, 0.3) is 5.91 Å². The Hall–Kier alpha value is -1.56. The maximum atomic E-state index is 12.6. The first-order valence-corrected chi connectivity index (χ1v) is 8.30. The number of benzene rings is 1. The second-order valence-electron chi connectivity index (χ2n) is 6.03. The van der Waals surface area contributed by atoms with Gasteiger partial charge in [-0.3, -0.25) is 4.79 Å². The van der Waals surface area contributed by atoms with Crippen LogP contribution in [0.25, 0.3) is 11.0 Å². The van der Waals surface area contributed by atoms with Crippen molar-refractivity contribution in [2.75, 3.05) is 26.3 Å². The zero-order chi connectivity index (χ0) is 15.8. The summed E-state index contributed by atoms with van der Waals surface area (Å²) in [5.41, 5.74) is 0.681. The number of hydrogen-bond acceptors (Lipinski definition) is 4. The lowest BCUT2D eigenvalue weighted by Gasteiger charge is -2.33. The van der Waals surface area contributed by atoms with E-state index in [1.54, 1.807) is 24.3 Å². The van der Waals surface area contributed by atoms with Crippen LogP contribution in [0.4, 0.5) is 0 Å². The second-order valence-corrected chi connectivity index (χ2v) is 6.47. The van der Waals surface area contributed by atoms with Crippen LogP contribution < -0.4 is 0 Å². The van der Waals surface area contributed by atoms with Gasteiger partial charge < -0.3 is 18.8 Å². The van der Waals surface area contributed by atoms with Gasteiger partial charge in [0.2, 0.25) is 0 Å². The number of halogens is 1. The van der Waals surface area contributed by atoms with Gasteiger partial charge in [-0.2, -0.15) is 0 Å². The standard InChI is InChI=1S/C17H18ClNO4/c18-13-1-2-14-12(9-13)10-15(23-14)16(20)19-5-3-11(4-6-19)17-21-7-8-22-17/h1-2,9-11,17H,3-8H2. The molecule has 0 N–H and O–H groups in total. The van der Waals surface area contributed by atoms with Crippen molar-refractivity contribution < 1.29 is 18.7 Å². The topological polar surface area (TPSA) is 51.9 Å². The lowest BCUT2D eigenvalue weighted by Crippen LogP contribution is -2.41. The molecule has 1 amide bonds. The van der Waals surface area contributed by atoms with Crippen molar-refractivity contribution in [3.8, 4) is 0 Å². The molecule has 0 radical (unpaired) electrons. The van der Waals surface area contributed by atoms with Crippen LogP contribution in [-0.4, -0.2) is 43.4 Å². The van der Waals surface area contributed by atoms with Crippen LogP contribution in [-0.2, 0) is 9.47 Å². The van der Waals surface area contributed by atoms with E-state index in [4.69, 9.17) is 25.5 Å². The molecule has 0 spiro atoms. The van der Waals surface area contributed by atoms with E-state index in [9.17, 15) is 4.79 Å². The van der Waals surface area contributed by atoms with E-state index < -0.39 is 0 Å². The third-order valence-electron chi connectivity index (χ3n) is 4.55. The maximum Gasteiger partial charge on any atom is 0.289 e. The fourth-order valence-electron chi connectivity index (χ4n) is 3.30. The Bertz CT molecular complexity index is 714. The van der Waals surface area contributed by atoms with Crippen molar-refractivity contribution in [3.05, 3.63) is 35.0 Å². The summed E-state index contributed by atoms with van der Waals surface area (Å²) in [5.74, 6) is 0.675. The number of hydrogen-bond donors (Lipinski definition) is 0. The fourth-order valence-corrected chi connectivity index (χ4v) is 3.48. The van der Waals surface area contributed by atoms with Crippen molar-refractivity contribution in [2.24, 2.45) is 5.92 Å². The highest BCUT2D eigenvalue weighted by Gasteiger charge is 2.32. The molecule has 2 aliphatic rings. The quantitative estimate of drug-likeness (QED) is 0.845. The zero-order valence-electron chi connectivity index (χ0n) is 12.7. The molecule has 2 aromatic rings. The summed E-state index contributed by atoms with van der Waals surface area (Å²) in [5, 5.41) is 1.48. The molecule has 0 unspecified atom stereocenters. The number of ether oxygens (including phenoxy) is 2. The molecular formula is C17H18ClNO4. The number of fused-ring (bicyclic) bond motifs is 1. The van der Waals surface area contributed by atoms with Gasteiger partial charge in [0.05, 0.1) is 13.2 Å². The number of likely N-dealkylation sites (tertiary alicyclic amines) is 1. The second kappa shape index (κ2) is 6.15. The Morgan fingerprint density at radius 1 is 1.13 bits per heavy atom. The molecule has 6 heteroatoms. The van der Waals surface area contributed by atoms with Crippen LogP contribution >= 0.6 is 11.6 Å². The largest absolute Gasteiger partial charge is 0.451 e. The van der Waals surface area contributed by atoms with Crippen molar-refractivity contribution in [3.63, 3.8) is 0 Å². The SMILES string of the molecule is O=C(c1cc2cc(Cl)ccc2o1)N1CCC(C2OCCO2)CC1. The van der Waals surface area contributed by atoms with Gasteiger partial charge in [-0.1, -0.05) is 11.6 Å². The van der Waals surface area contributed by atoms with E-state index in [0.717, 1.165) is 18.2 Å². The number of rotatable bonds is 2. The number of furan rings is 1. The molecule has 23 heavy (non-hydrogen) atoms. The van der Waals surface area contributed by atoms with E-state index >= 15 is 0 Å². The molecule has 0 aliphatic carbocycles. The van der Waals surface area contributed by atoms with Crippen molar-refractivity contribution in [2.45, 2.75) is 19.1 Å². The zero-order valence-corrected chi connectivity index (χ0v) is 13.4. The van der Waals surface area contributed by atoms with E-state index in [0.29, 0.717) is 48.6 Å². The fraction of sp³-hybridized carbons (Fsp3) is 0.471. The number of amides is 1. The Balaban J connectivity index is 1.44. The van der Waals surface area contributed by atoms with Gasteiger partial charge in [-0.25, -0.2) is 0 Å². The minimum atomic E-state index is -0.0967. The average Bonchev–Trinajstić information content (AvgIpc) is 3.23. The summed E-state index contributed by atoms with van der Waals surface area (Å²) in [6.45, 7) is 2.74. The predicted molar refractivity (Wildman–Crippen MR) is 85.5 cm³/mol. The van der Waals surface area contributed by atoms with Gasteiger partial charge in [-0.05, 0) is 37.1 Å². The van der Waals surface area contributed by atoms with Gasteiger partial charge in [0, 0.05) is 29.4 Å². The third kappa shape index (κ3) is 2.96. The minimum Gasteiger partial charge on any atom is -0.451 e. The first kappa shape index (κ1) is 15.0. The van der Waals surface area contributed by atoms with E-state index in [2.05, 4.69) is 0 Å². The Morgan fingerprint density at radius 3 is 2.61 bits per heavy atom. The van der Waals surface area contributed by atoms with Crippen molar-refractivity contribution >= 4 is 28.5 Å². The first-order chi connectivity index (χ1) is 11.2. The highest BCUT2D eigenvalue weighted by molar-refractivity contribution is 6.31. The van der Waals surface area contributed by atoms with Crippen LogP contribution in [0.5, 0.6) is 0 Å². The summed E-state index contributed by atoms with van der Waals surface area (Å²) < 4.78 is 16.8. The van der Waals surface area contributed by atoms with E-state index in [1.165, 1.54) is 0 Å². The lowest BCUT2D eigenvalue weighted by atomic mass is 9.96. The average molecular weight is 336 g/mol. The molecule has 2 saturated heterocycles. The summed E-state index contributed by atoms with van der Waals surface area (Å²) in [6, 6.07) is 7.11. The first-order valence-electron chi connectivity index (χ1n) is 7.92.